The Hall–Kier alpha value is -5.70. The summed E-state index contributed by atoms with van der Waals surface area (Å²) >= 11 is 0. The van der Waals surface area contributed by atoms with Crippen LogP contribution in [-0.2, 0) is 11.3 Å². The van der Waals surface area contributed by atoms with E-state index in [-0.39, 0.29) is 23.3 Å². The second-order valence-electron chi connectivity index (χ2n) is 10.5. The number of phenols is 1. The van der Waals surface area contributed by atoms with Crippen LogP contribution in [0.3, 0.4) is 0 Å². The van der Waals surface area contributed by atoms with Gasteiger partial charge in [-0.05, 0) is 30.0 Å². The van der Waals surface area contributed by atoms with E-state index in [1.807, 2.05) is 91.0 Å². The molecule has 0 aliphatic carbocycles. The van der Waals surface area contributed by atoms with E-state index in [4.69, 9.17) is 4.42 Å². The van der Waals surface area contributed by atoms with Crippen LogP contribution in [0.2, 0.25) is 0 Å². The number of aromatic nitrogens is 3. The lowest BCUT2D eigenvalue weighted by molar-refractivity contribution is -0.121. The van der Waals surface area contributed by atoms with E-state index >= 15 is 0 Å². The number of hydrogen-bond donors (Lipinski definition) is 3. The van der Waals surface area contributed by atoms with Crippen molar-refractivity contribution >= 4 is 22.8 Å². The lowest BCUT2D eigenvalue weighted by Gasteiger charge is -2.20. The number of aromatic carboxylic acids is 1. The largest absolute Gasteiger partial charge is 0.507 e. The number of amides is 1. The van der Waals surface area contributed by atoms with Gasteiger partial charge in [-0.15, -0.1) is 5.10 Å². The van der Waals surface area contributed by atoms with Gasteiger partial charge in [-0.25, -0.2) is 4.79 Å². The summed E-state index contributed by atoms with van der Waals surface area (Å²) in [6, 6.07) is 31.7. The molecule has 44 heavy (non-hydrogen) atoms. The number of carboxylic acids is 1. The fourth-order valence-electron chi connectivity index (χ4n) is 5.32. The molecule has 9 nitrogen and oxygen atoms in total. The van der Waals surface area contributed by atoms with E-state index in [2.05, 4.69) is 15.6 Å². The number of unbranched alkanes of at least 4 members (excludes halogenated alkanes) is 1. The van der Waals surface area contributed by atoms with Crippen LogP contribution in [0, 0.1) is 0 Å². The minimum absolute atomic E-state index is 0.0307. The fraction of sp³-hybridized carbons (Fsp3) is 0.143. The minimum Gasteiger partial charge on any atom is -0.507 e. The molecule has 9 heteroatoms. The number of benzene rings is 4. The lowest BCUT2D eigenvalue weighted by atomic mass is 9.98. The van der Waals surface area contributed by atoms with Gasteiger partial charge in [0, 0.05) is 30.0 Å². The van der Waals surface area contributed by atoms with Crippen LogP contribution in [0.4, 0.5) is 0 Å². The Kier molecular flexibility index (Phi) is 8.18. The first-order valence-corrected chi connectivity index (χ1v) is 14.4. The van der Waals surface area contributed by atoms with Gasteiger partial charge in [-0.1, -0.05) is 96.2 Å². The van der Waals surface area contributed by atoms with Crippen LogP contribution in [-0.4, -0.2) is 37.1 Å². The summed E-state index contributed by atoms with van der Waals surface area (Å²) in [6.07, 6.45) is 3.50. The summed E-state index contributed by atoms with van der Waals surface area (Å²) in [7, 11) is 0. The summed E-state index contributed by atoms with van der Waals surface area (Å²) in [5.74, 6) is -1.16. The lowest BCUT2D eigenvalue weighted by Crippen LogP contribution is -2.29. The smallest absolute Gasteiger partial charge is 0.339 e. The van der Waals surface area contributed by atoms with Gasteiger partial charge in [0.2, 0.25) is 5.91 Å². The fourth-order valence-corrected chi connectivity index (χ4v) is 5.32. The molecule has 0 radical (unpaired) electrons. The van der Waals surface area contributed by atoms with Crippen molar-refractivity contribution in [3.05, 3.63) is 126 Å². The van der Waals surface area contributed by atoms with E-state index in [0.717, 1.165) is 16.7 Å². The number of carbonyl (C=O) groups is 2. The molecule has 220 valence electrons. The van der Waals surface area contributed by atoms with Crippen LogP contribution >= 0.6 is 0 Å². The van der Waals surface area contributed by atoms with Crippen molar-refractivity contribution in [1.82, 2.24) is 20.3 Å². The van der Waals surface area contributed by atoms with Crippen LogP contribution in [0.15, 0.2) is 114 Å². The Morgan fingerprint density at radius 3 is 2.14 bits per heavy atom. The summed E-state index contributed by atoms with van der Waals surface area (Å²) < 4.78 is 7.81. The van der Waals surface area contributed by atoms with Crippen molar-refractivity contribution in [3.8, 4) is 28.3 Å². The average Bonchev–Trinajstić information content (AvgIpc) is 3.67. The number of rotatable bonds is 11. The molecule has 2 aromatic heterocycles. The molecule has 1 amide bonds. The number of aromatic hydroxyl groups is 1. The average molecular weight is 587 g/mol. The van der Waals surface area contributed by atoms with Crippen molar-refractivity contribution in [2.45, 2.75) is 31.8 Å². The van der Waals surface area contributed by atoms with Crippen LogP contribution in [0.1, 0.15) is 46.8 Å². The Bertz CT molecular complexity index is 1860. The SMILES string of the molecule is O=C(CCCCn1cc(-c2c(-c3ccccc3)oc3cc(O)c(C(=O)O)cc23)nn1)NC(c1ccccc1)c1ccccc1. The maximum absolute atomic E-state index is 13.0. The maximum atomic E-state index is 13.0. The molecule has 6 rings (SSSR count). The minimum atomic E-state index is -1.25. The second-order valence-corrected chi connectivity index (χ2v) is 10.5. The topological polar surface area (TPSA) is 130 Å². The van der Waals surface area contributed by atoms with Crippen LogP contribution < -0.4 is 5.32 Å². The number of fused-ring (bicyclic) bond motifs is 1. The van der Waals surface area contributed by atoms with E-state index < -0.39 is 5.97 Å². The molecule has 2 heterocycles. The van der Waals surface area contributed by atoms with Gasteiger partial charge in [0.15, 0.2) is 0 Å². The predicted octanol–water partition coefficient (Wildman–Crippen LogP) is 6.84. The second kappa shape index (κ2) is 12.7. The number of nitrogens with one attached hydrogen (secondary N) is 1. The normalized spacial score (nSPS) is 11.2. The molecule has 0 bridgehead atoms. The van der Waals surface area contributed by atoms with Gasteiger partial charge in [-0.2, -0.15) is 0 Å². The van der Waals surface area contributed by atoms with Crippen molar-refractivity contribution in [2.75, 3.05) is 0 Å². The van der Waals surface area contributed by atoms with E-state index in [1.165, 1.54) is 12.1 Å². The Morgan fingerprint density at radius 1 is 0.864 bits per heavy atom. The highest BCUT2D eigenvalue weighted by Crippen LogP contribution is 2.42. The highest BCUT2D eigenvalue weighted by atomic mass is 16.4. The first kappa shape index (κ1) is 28.4. The van der Waals surface area contributed by atoms with Gasteiger partial charge < -0.3 is 19.9 Å². The Morgan fingerprint density at radius 2 is 1.50 bits per heavy atom. The predicted molar refractivity (Wildman–Crippen MR) is 166 cm³/mol. The molecule has 4 aromatic carbocycles. The van der Waals surface area contributed by atoms with Crippen molar-refractivity contribution < 1.29 is 24.2 Å². The zero-order valence-corrected chi connectivity index (χ0v) is 23.8. The Balaban J connectivity index is 1.16. The molecule has 0 fully saturated rings. The quantitative estimate of drug-likeness (QED) is 0.142. The van der Waals surface area contributed by atoms with E-state index in [0.29, 0.717) is 53.8 Å². The van der Waals surface area contributed by atoms with E-state index in [1.54, 1.807) is 10.9 Å². The molecule has 0 spiro atoms. The van der Waals surface area contributed by atoms with Crippen molar-refractivity contribution in [3.63, 3.8) is 0 Å². The molecule has 0 saturated carbocycles. The van der Waals surface area contributed by atoms with Gasteiger partial charge in [0.25, 0.3) is 0 Å². The number of nitrogens with zero attached hydrogens (tertiary/aromatic N) is 3. The molecule has 0 unspecified atom stereocenters. The third-order valence-electron chi connectivity index (χ3n) is 7.48. The highest BCUT2D eigenvalue weighted by Gasteiger charge is 2.23. The first-order valence-electron chi connectivity index (χ1n) is 14.4. The van der Waals surface area contributed by atoms with E-state index in [9.17, 15) is 19.8 Å². The van der Waals surface area contributed by atoms with Gasteiger partial charge >= 0.3 is 5.97 Å². The third kappa shape index (κ3) is 6.07. The number of carboxylic acid groups (broad SMARTS) is 1. The molecule has 0 atom stereocenters. The van der Waals surface area contributed by atoms with Gasteiger partial charge in [0.05, 0.1) is 17.8 Å². The number of carbonyl (C=O) groups excluding carboxylic acids is 1. The summed E-state index contributed by atoms with van der Waals surface area (Å²) in [4.78, 5) is 24.7. The summed E-state index contributed by atoms with van der Waals surface area (Å²) in [6.45, 7) is 0.540. The third-order valence-corrected chi connectivity index (χ3v) is 7.48. The summed E-state index contributed by atoms with van der Waals surface area (Å²) in [5, 5.41) is 32.2. The van der Waals surface area contributed by atoms with Crippen molar-refractivity contribution in [1.29, 1.82) is 0 Å². The zero-order valence-electron chi connectivity index (χ0n) is 23.8. The molecule has 0 aliphatic rings. The van der Waals surface area contributed by atoms with Crippen LogP contribution in [0.25, 0.3) is 33.6 Å². The number of aryl methyl sites for hydroxylation is 1. The van der Waals surface area contributed by atoms with Gasteiger partial charge in [-0.3, -0.25) is 9.48 Å². The monoisotopic (exact) mass is 586 g/mol. The molecular weight excluding hydrogens is 556 g/mol. The zero-order chi connectivity index (χ0) is 30.5. The highest BCUT2D eigenvalue weighted by molar-refractivity contribution is 6.05. The van der Waals surface area contributed by atoms with Gasteiger partial charge in [0.1, 0.15) is 28.4 Å². The molecule has 0 saturated heterocycles. The van der Waals surface area contributed by atoms with Crippen molar-refractivity contribution in [2.24, 2.45) is 0 Å². The number of hydrogen-bond acceptors (Lipinski definition) is 6. The van der Waals surface area contributed by atoms with Crippen LogP contribution in [0.5, 0.6) is 5.75 Å². The first-order chi connectivity index (χ1) is 21.5. The molecule has 3 N–H and O–H groups in total. The standard InChI is InChI=1S/C35H30N4O5/c40-29-21-30-27(20-26(29)35(42)43)32(34(44-30)25-16-8-3-9-17-25)28-22-39(38-37-28)19-11-10-18-31(41)36-33(23-12-4-1-5-13-23)24-14-6-2-7-15-24/h1-9,12-17,20-22,33,40H,10-11,18-19H2,(H,36,41)(H,42,43). The summed E-state index contributed by atoms with van der Waals surface area (Å²) in [5.41, 5.74) is 4.03. The molecule has 0 aliphatic heterocycles. The molecule has 6 aromatic rings. The number of furan rings is 1. The maximum Gasteiger partial charge on any atom is 0.339 e. The Labute approximate surface area is 253 Å². The molecular formula is C35H30N4O5.